The van der Waals surface area contributed by atoms with E-state index in [1.165, 1.54) is 6.07 Å². The van der Waals surface area contributed by atoms with Crippen LogP contribution in [-0.4, -0.2) is 40.9 Å². The van der Waals surface area contributed by atoms with Crippen molar-refractivity contribution in [2.75, 3.05) is 0 Å². The van der Waals surface area contributed by atoms with Gasteiger partial charge in [0, 0.05) is 12.0 Å². The number of aldehydes is 1. The highest BCUT2D eigenvalue weighted by Gasteiger charge is 2.45. The highest BCUT2D eigenvalue weighted by molar-refractivity contribution is 6.24. The maximum absolute atomic E-state index is 13.0. The third-order valence-corrected chi connectivity index (χ3v) is 4.94. The second-order valence-electron chi connectivity index (χ2n) is 6.77. The Bertz CT molecular complexity index is 1040. The fourth-order valence-corrected chi connectivity index (χ4v) is 3.46. The summed E-state index contributed by atoms with van der Waals surface area (Å²) in [7, 11) is 0. The number of benzene rings is 2. The lowest BCUT2D eigenvalue weighted by Crippen LogP contribution is -2.54. The first-order valence-corrected chi connectivity index (χ1v) is 9.01. The molecule has 4 rings (SSSR count). The molecule has 1 unspecified atom stereocenters. The van der Waals surface area contributed by atoms with Gasteiger partial charge in [-0.25, -0.2) is 0 Å². The van der Waals surface area contributed by atoms with Crippen molar-refractivity contribution in [3.05, 3.63) is 64.7 Å². The van der Waals surface area contributed by atoms with E-state index in [1.807, 2.05) is 0 Å². The molecule has 8 nitrogen and oxygen atoms in total. The van der Waals surface area contributed by atoms with Gasteiger partial charge < -0.3 is 4.74 Å². The van der Waals surface area contributed by atoms with Crippen LogP contribution in [0.15, 0.2) is 42.5 Å². The summed E-state index contributed by atoms with van der Waals surface area (Å²) in [4.78, 5) is 60.9. The predicted molar refractivity (Wildman–Crippen MR) is 99.3 cm³/mol. The van der Waals surface area contributed by atoms with Gasteiger partial charge in [-0.2, -0.15) is 0 Å². The Morgan fingerprint density at radius 2 is 1.79 bits per heavy atom. The topological polar surface area (TPSA) is 110 Å². The zero-order chi connectivity index (χ0) is 20.5. The summed E-state index contributed by atoms with van der Waals surface area (Å²) in [5.74, 6) is -2.05. The van der Waals surface area contributed by atoms with Crippen LogP contribution in [0, 0.1) is 0 Å². The molecule has 1 fully saturated rings. The van der Waals surface area contributed by atoms with E-state index in [9.17, 15) is 24.0 Å². The first-order chi connectivity index (χ1) is 14.0. The lowest BCUT2D eigenvalue weighted by atomic mass is 10.0. The number of amides is 4. The lowest BCUT2D eigenvalue weighted by molar-refractivity contribution is -0.136. The van der Waals surface area contributed by atoms with Crippen molar-refractivity contribution in [1.29, 1.82) is 0 Å². The fraction of sp³-hybridized carbons (Fsp3) is 0.190. The molecule has 2 aromatic carbocycles. The Hall–Kier alpha value is -3.81. The molecule has 0 aromatic heterocycles. The third kappa shape index (κ3) is 3.29. The number of nitrogens with one attached hydrogen (secondary N) is 1. The molecule has 146 valence electrons. The van der Waals surface area contributed by atoms with Crippen LogP contribution in [0.2, 0.25) is 0 Å². The predicted octanol–water partition coefficient (Wildman–Crippen LogP) is 1.48. The van der Waals surface area contributed by atoms with E-state index in [1.54, 1.807) is 36.4 Å². The van der Waals surface area contributed by atoms with Crippen LogP contribution in [0.5, 0.6) is 5.75 Å². The largest absolute Gasteiger partial charge is 0.488 e. The molecule has 2 aromatic rings. The standard InChI is InChI=1S/C21H16N2O6/c24-10-12-4-6-13(7-5-12)11-29-16-3-1-2-14-18(16)21(28)23(20(14)27)15-8-9-17(25)22-19(15)26/h1-7,10,15H,8-9,11H2,(H,22,25,26). The Morgan fingerprint density at radius 3 is 2.48 bits per heavy atom. The maximum atomic E-state index is 13.0. The molecule has 0 aliphatic carbocycles. The number of rotatable bonds is 5. The van der Waals surface area contributed by atoms with Gasteiger partial charge >= 0.3 is 0 Å². The Labute approximate surface area is 165 Å². The molecule has 0 spiro atoms. The van der Waals surface area contributed by atoms with Crippen molar-refractivity contribution in [2.45, 2.75) is 25.5 Å². The van der Waals surface area contributed by atoms with Gasteiger partial charge in [0.25, 0.3) is 11.8 Å². The fourth-order valence-electron chi connectivity index (χ4n) is 3.46. The first kappa shape index (κ1) is 18.5. The van der Waals surface area contributed by atoms with Gasteiger partial charge in [0.05, 0.1) is 11.1 Å². The number of hydrogen-bond donors (Lipinski definition) is 1. The van der Waals surface area contributed by atoms with Crippen LogP contribution in [0.4, 0.5) is 0 Å². The summed E-state index contributed by atoms with van der Waals surface area (Å²) in [5, 5.41) is 2.16. The Kier molecular flexibility index (Phi) is 4.67. The highest BCUT2D eigenvalue weighted by Crippen LogP contribution is 2.33. The average Bonchev–Trinajstić information content (AvgIpc) is 2.98. The van der Waals surface area contributed by atoms with Crippen LogP contribution in [-0.2, 0) is 16.2 Å². The molecule has 4 amide bonds. The third-order valence-electron chi connectivity index (χ3n) is 4.94. The second-order valence-corrected chi connectivity index (χ2v) is 6.77. The van der Waals surface area contributed by atoms with Crippen molar-refractivity contribution < 1.29 is 28.7 Å². The van der Waals surface area contributed by atoms with Gasteiger partial charge in [0.1, 0.15) is 24.7 Å². The van der Waals surface area contributed by atoms with Crippen molar-refractivity contribution in [2.24, 2.45) is 0 Å². The summed E-state index contributed by atoms with van der Waals surface area (Å²) in [6.07, 6.45) is 0.891. The number of nitrogens with zero attached hydrogens (tertiary/aromatic N) is 1. The maximum Gasteiger partial charge on any atom is 0.266 e. The highest BCUT2D eigenvalue weighted by atomic mass is 16.5. The molecular formula is C21H16N2O6. The Balaban J connectivity index is 1.58. The number of hydrogen-bond acceptors (Lipinski definition) is 6. The van der Waals surface area contributed by atoms with E-state index in [0.717, 1.165) is 16.7 Å². The van der Waals surface area contributed by atoms with E-state index in [-0.39, 0.29) is 36.3 Å². The van der Waals surface area contributed by atoms with Crippen LogP contribution in [0.1, 0.15) is 49.5 Å². The average molecular weight is 392 g/mol. The van der Waals surface area contributed by atoms with E-state index < -0.39 is 29.7 Å². The van der Waals surface area contributed by atoms with E-state index in [2.05, 4.69) is 5.32 Å². The molecule has 1 saturated heterocycles. The van der Waals surface area contributed by atoms with Gasteiger partial charge in [-0.3, -0.25) is 34.2 Å². The molecule has 2 aliphatic heterocycles. The lowest BCUT2D eigenvalue weighted by Gasteiger charge is -2.27. The number of fused-ring (bicyclic) bond motifs is 1. The summed E-state index contributed by atoms with van der Waals surface area (Å²) in [6, 6.07) is 10.4. The number of carbonyl (C=O) groups excluding carboxylic acids is 5. The SMILES string of the molecule is O=Cc1ccc(COc2cccc3c2C(=O)N(C2CCC(=O)NC2=O)C3=O)cc1. The number of carbonyl (C=O) groups is 5. The van der Waals surface area contributed by atoms with Gasteiger partial charge in [-0.05, 0) is 24.1 Å². The molecular weight excluding hydrogens is 376 g/mol. The van der Waals surface area contributed by atoms with Crippen LogP contribution < -0.4 is 10.1 Å². The van der Waals surface area contributed by atoms with Crippen LogP contribution in [0.3, 0.4) is 0 Å². The van der Waals surface area contributed by atoms with E-state index >= 15 is 0 Å². The minimum atomic E-state index is -1.02. The summed E-state index contributed by atoms with van der Waals surface area (Å²) < 4.78 is 5.76. The Morgan fingerprint density at radius 1 is 1.03 bits per heavy atom. The number of imide groups is 2. The first-order valence-electron chi connectivity index (χ1n) is 9.01. The zero-order valence-electron chi connectivity index (χ0n) is 15.2. The summed E-state index contributed by atoms with van der Waals surface area (Å²) in [5.41, 5.74) is 1.59. The van der Waals surface area contributed by atoms with Crippen molar-refractivity contribution in [3.63, 3.8) is 0 Å². The number of ether oxygens (including phenoxy) is 1. The number of piperidine rings is 1. The molecule has 8 heteroatoms. The van der Waals surface area contributed by atoms with Gasteiger partial charge in [0.15, 0.2) is 0 Å². The smallest absolute Gasteiger partial charge is 0.266 e. The second kappa shape index (κ2) is 7.31. The van der Waals surface area contributed by atoms with Crippen LogP contribution in [0.25, 0.3) is 0 Å². The molecule has 1 N–H and O–H groups in total. The van der Waals surface area contributed by atoms with E-state index in [0.29, 0.717) is 5.56 Å². The van der Waals surface area contributed by atoms with Gasteiger partial charge in [-0.15, -0.1) is 0 Å². The molecule has 0 radical (unpaired) electrons. The molecule has 2 aliphatic rings. The van der Waals surface area contributed by atoms with Crippen molar-refractivity contribution in [1.82, 2.24) is 10.2 Å². The van der Waals surface area contributed by atoms with Crippen LogP contribution >= 0.6 is 0 Å². The summed E-state index contributed by atoms with van der Waals surface area (Å²) >= 11 is 0. The minimum Gasteiger partial charge on any atom is -0.488 e. The molecule has 29 heavy (non-hydrogen) atoms. The molecule has 0 bridgehead atoms. The zero-order valence-corrected chi connectivity index (χ0v) is 15.2. The van der Waals surface area contributed by atoms with E-state index in [4.69, 9.17) is 4.74 Å². The van der Waals surface area contributed by atoms with Crippen molar-refractivity contribution >= 4 is 29.9 Å². The molecule has 0 saturated carbocycles. The van der Waals surface area contributed by atoms with Crippen molar-refractivity contribution in [3.8, 4) is 5.75 Å². The quantitative estimate of drug-likeness (QED) is 0.610. The minimum absolute atomic E-state index is 0.0595. The summed E-state index contributed by atoms with van der Waals surface area (Å²) in [6.45, 7) is 0.134. The normalized spacial score (nSPS) is 18.5. The van der Waals surface area contributed by atoms with Gasteiger partial charge in [0.2, 0.25) is 11.8 Å². The molecule has 1 atom stereocenters. The monoisotopic (exact) mass is 392 g/mol. The molecule has 2 heterocycles. The van der Waals surface area contributed by atoms with Gasteiger partial charge in [-0.1, -0.05) is 30.3 Å².